The third kappa shape index (κ3) is 1.34. The maximum absolute atomic E-state index is 10.9. The molecule has 1 spiro atoms. The quantitative estimate of drug-likeness (QED) is 0.616. The largest absolute Gasteiger partial charge is 0.392 e. The van der Waals surface area contributed by atoms with E-state index in [0.717, 1.165) is 6.42 Å². The molecule has 3 fully saturated rings. The van der Waals surface area contributed by atoms with Crippen LogP contribution in [0, 0.1) is 17.3 Å². The van der Waals surface area contributed by atoms with Gasteiger partial charge in [0.15, 0.2) is 0 Å². The Kier molecular flexibility index (Phi) is 2.71. The van der Waals surface area contributed by atoms with E-state index in [0.29, 0.717) is 12.8 Å². The monoisotopic (exact) mass is 270 g/mol. The van der Waals surface area contributed by atoms with Gasteiger partial charge in [0.1, 0.15) is 5.60 Å². The molecule has 0 aromatic carbocycles. The van der Waals surface area contributed by atoms with Gasteiger partial charge in [0.05, 0.1) is 29.3 Å². The molecule has 3 N–H and O–H groups in total. The number of fused-ring (bicyclic) bond motifs is 1. The lowest BCUT2D eigenvalue weighted by atomic mass is 9.49. The molecule has 3 rings (SSSR count). The summed E-state index contributed by atoms with van der Waals surface area (Å²) in [5.74, 6) is 0.0680. The van der Waals surface area contributed by atoms with Gasteiger partial charge in [0, 0.05) is 5.92 Å². The molecule has 0 aromatic heterocycles. The van der Waals surface area contributed by atoms with Gasteiger partial charge in [-0.25, -0.2) is 0 Å². The molecule has 0 unspecified atom stereocenters. The van der Waals surface area contributed by atoms with Gasteiger partial charge in [0.25, 0.3) is 0 Å². The van der Waals surface area contributed by atoms with Crippen LogP contribution in [0.4, 0.5) is 0 Å². The first kappa shape index (κ1) is 13.8. The highest BCUT2D eigenvalue weighted by atomic mass is 16.6. The summed E-state index contributed by atoms with van der Waals surface area (Å²) in [7, 11) is 0. The molecule has 110 valence electrons. The Morgan fingerprint density at radius 2 is 1.63 bits per heavy atom. The van der Waals surface area contributed by atoms with Gasteiger partial charge in [-0.05, 0) is 39.0 Å². The summed E-state index contributed by atoms with van der Waals surface area (Å²) in [6.45, 7) is 7.94. The molecule has 3 aliphatic rings. The summed E-state index contributed by atoms with van der Waals surface area (Å²) < 4.78 is 6.36. The molecule has 1 aliphatic heterocycles. The van der Waals surface area contributed by atoms with E-state index < -0.39 is 34.9 Å². The summed E-state index contributed by atoms with van der Waals surface area (Å²) in [6.07, 6.45) is 0.126. The summed E-state index contributed by atoms with van der Waals surface area (Å²) in [5.41, 5.74) is -2.06. The smallest absolute Gasteiger partial charge is 0.108 e. The number of rotatable bonds is 0. The van der Waals surface area contributed by atoms with Crippen molar-refractivity contribution in [2.24, 2.45) is 17.3 Å². The van der Waals surface area contributed by atoms with Crippen molar-refractivity contribution in [3.63, 3.8) is 0 Å². The maximum Gasteiger partial charge on any atom is 0.108 e. The first-order valence-corrected chi connectivity index (χ1v) is 7.42. The average Bonchev–Trinajstić information content (AvgIpc) is 2.48. The molecule has 1 saturated heterocycles. The summed E-state index contributed by atoms with van der Waals surface area (Å²) in [5, 5.41) is 32.0. The van der Waals surface area contributed by atoms with Gasteiger partial charge >= 0.3 is 0 Å². The first-order valence-electron chi connectivity index (χ1n) is 7.42. The van der Waals surface area contributed by atoms with Crippen molar-refractivity contribution in [1.29, 1.82) is 0 Å². The van der Waals surface area contributed by atoms with Gasteiger partial charge < -0.3 is 20.1 Å². The molecule has 0 radical (unpaired) electrons. The third-order valence-corrected chi connectivity index (χ3v) is 6.45. The van der Waals surface area contributed by atoms with Crippen molar-refractivity contribution in [2.75, 3.05) is 0 Å². The van der Waals surface area contributed by atoms with Gasteiger partial charge in [-0.1, -0.05) is 13.8 Å². The maximum atomic E-state index is 10.9. The molecular weight excluding hydrogens is 244 g/mol. The Morgan fingerprint density at radius 3 is 2.26 bits per heavy atom. The van der Waals surface area contributed by atoms with E-state index in [-0.39, 0.29) is 11.8 Å². The number of hydrogen-bond acceptors (Lipinski definition) is 4. The first-order chi connectivity index (χ1) is 8.68. The third-order valence-electron chi connectivity index (χ3n) is 6.45. The van der Waals surface area contributed by atoms with Crippen LogP contribution in [0.2, 0.25) is 0 Å². The van der Waals surface area contributed by atoms with Crippen LogP contribution in [0.15, 0.2) is 0 Å². The van der Waals surface area contributed by atoms with Gasteiger partial charge in [-0.3, -0.25) is 0 Å². The van der Waals surface area contributed by atoms with Crippen LogP contribution in [0.1, 0.15) is 47.0 Å². The second kappa shape index (κ2) is 3.73. The van der Waals surface area contributed by atoms with Crippen molar-refractivity contribution >= 4 is 0 Å². The minimum atomic E-state index is -0.823. The Balaban J connectivity index is 2.19. The fourth-order valence-electron chi connectivity index (χ4n) is 5.17. The van der Waals surface area contributed by atoms with Crippen molar-refractivity contribution in [1.82, 2.24) is 0 Å². The predicted molar refractivity (Wildman–Crippen MR) is 70.5 cm³/mol. The van der Waals surface area contributed by atoms with Crippen LogP contribution in [-0.2, 0) is 4.74 Å². The number of hydrogen-bond donors (Lipinski definition) is 3. The molecule has 2 saturated carbocycles. The molecule has 4 nitrogen and oxygen atoms in total. The van der Waals surface area contributed by atoms with Crippen molar-refractivity contribution in [3.05, 3.63) is 0 Å². The number of aliphatic hydroxyl groups excluding tert-OH is 3. The average molecular weight is 270 g/mol. The topological polar surface area (TPSA) is 69.9 Å². The zero-order valence-electron chi connectivity index (χ0n) is 12.3. The van der Waals surface area contributed by atoms with Gasteiger partial charge in [0.2, 0.25) is 0 Å². The van der Waals surface area contributed by atoms with Gasteiger partial charge in [-0.15, -0.1) is 0 Å². The summed E-state index contributed by atoms with van der Waals surface area (Å²) in [4.78, 5) is 0. The standard InChI is InChI=1S/C15H26O4/c1-8-5-6-10(16)14(4)11(17)7-9-12(18)15(8,14)19-13(9,2)3/h8-12,16-18H,5-7H2,1-4H3/t8-,9-,10+,11+,12-,14+,15-/m1/s1. The summed E-state index contributed by atoms with van der Waals surface area (Å²) in [6, 6.07) is 0. The van der Waals surface area contributed by atoms with Crippen molar-refractivity contribution in [2.45, 2.75) is 76.5 Å². The fraction of sp³-hybridized carbons (Fsp3) is 1.00. The molecular formula is C15H26O4. The molecule has 1 heterocycles. The van der Waals surface area contributed by atoms with Crippen LogP contribution < -0.4 is 0 Å². The Morgan fingerprint density at radius 1 is 1.00 bits per heavy atom. The molecule has 4 heteroatoms. The highest BCUT2D eigenvalue weighted by Gasteiger charge is 2.75. The molecule has 2 bridgehead atoms. The van der Waals surface area contributed by atoms with E-state index in [1.54, 1.807) is 0 Å². The van der Waals surface area contributed by atoms with Crippen molar-refractivity contribution in [3.8, 4) is 0 Å². The fourth-order valence-corrected chi connectivity index (χ4v) is 5.17. The molecule has 0 amide bonds. The normalized spacial score (nSPS) is 59.8. The molecule has 2 aliphatic carbocycles. The van der Waals surface area contributed by atoms with Gasteiger partial charge in [-0.2, -0.15) is 0 Å². The van der Waals surface area contributed by atoms with E-state index in [2.05, 4.69) is 6.92 Å². The zero-order chi connectivity index (χ0) is 14.2. The minimum absolute atomic E-state index is 0.0664. The lowest BCUT2D eigenvalue weighted by Gasteiger charge is -2.60. The summed E-state index contributed by atoms with van der Waals surface area (Å²) >= 11 is 0. The highest BCUT2D eigenvalue weighted by Crippen LogP contribution is 2.65. The van der Waals surface area contributed by atoms with E-state index >= 15 is 0 Å². The van der Waals surface area contributed by atoms with E-state index in [9.17, 15) is 15.3 Å². The van der Waals surface area contributed by atoms with Crippen LogP contribution in [0.5, 0.6) is 0 Å². The van der Waals surface area contributed by atoms with E-state index in [1.807, 2.05) is 20.8 Å². The number of aliphatic hydroxyl groups is 3. The van der Waals surface area contributed by atoms with Crippen LogP contribution >= 0.6 is 0 Å². The SMILES string of the molecule is C[C@@H]1CC[C@H](O)[C@@]2(C)[C@@H](O)C[C@@H]3[C@@H](O)[C@]12OC3(C)C. The van der Waals surface area contributed by atoms with Crippen molar-refractivity contribution < 1.29 is 20.1 Å². The lowest BCUT2D eigenvalue weighted by Crippen LogP contribution is -2.71. The van der Waals surface area contributed by atoms with E-state index in [1.165, 1.54) is 0 Å². The zero-order valence-corrected chi connectivity index (χ0v) is 12.3. The Bertz CT molecular complexity index is 396. The Hall–Kier alpha value is -0.160. The second-order valence-corrected chi connectivity index (χ2v) is 7.58. The molecule has 7 atom stereocenters. The number of ether oxygens (including phenoxy) is 1. The van der Waals surface area contributed by atoms with Crippen LogP contribution in [-0.4, -0.2) is 44.8 Å². The highest BCUT2D eigenvalue weighted by molar-refractivity contribution is 5.23. The Labute approximate surface area is 114 Å². The minimum Gasteiger partial charge on any atom is -0.392 e. The van der Waals surface area contributed by atoms with E-state index in [4.69, 9.17) is 4.74 Å². The van der Waals surface area contributed by atoms with Crippen LogP contribution in [0.25, 0.3) is 0 Å². The molecule has 19 heavy (non-hydrogen) atoms. The van der Waals surface area contributed by atoms with Crippen LogP contribution in [0.3, 0.4) is 0 Å². The second-order valence-electron chi connectivity index (χ2n) is 7.58. The lowest BCUT2D eigenvalue weighted by molar-refractivity contribution is -0.281. The molecule has 0 aromatic rings. The predicted octanol–water partition coefficient (Wildman–Crippen LogP) is 1.07.